The Morgan fingerprint density at radius 1 is 1.38 bits per heavy atom. The summed E-state index contributed by atoms with van der Waals surface area (Å²) in [5.74, 6) is 0.193. The monoisotopic (exact) mass is 365 g/mol. The quantitative estimate of drug-likeness (QED) is 0.772. The van der Waals surface area contributed by atoms with E-state index >= 15 is 0 Å². The maximum Gasteiger partial charge on any atom is 0.204 e. The van der Waals surface area contributed by atoms with Crippen molar-refractivity contribution < 1.29 is 22.5 Å². The van der Waals surface area contributed by atoms with Gasteiger partial charge in [0.05, 0.1) is 39.8 Å². The van der Waals surface area contributed by atoms with Crippen LogP contribution in [0.5, 0.6) is 0 Å². The molecule has 1 fully saturated rings. The molecule has 0 spiro atoms. The second-order valence-corrected chi connectivity index (χ2v) is 7.88. The van der Waals surface area contributed by atoms with Crippen molar-refractivity contribution >= 4 is 33.0 Å². The van der Waals surface area contributed by atoms with Crippen molar-refractivity contribution in [3.05, 3.63) is 39.9 Å². The molecule has 0 unspecified atom stereocenters. The van der Waals surface area contributed by atoms with E-state index in [-0.39, 0.29) is 44.3 Å². The Balaban J connectivity index is 1.96. The van der Waals surface area contributed by atoms with Gasteiger partial charge in [0.1, 0.15) is 5.76 Å². The topological polar surface area (TPSA) is 86.5 Å². The summed E-state index contributed by atoms with van der Waals surface area (Å²) in [6.07, 6.45) is 2.99. The molecule has 2 aromatic rings. The lowest BCUT2D eigenvalue weighted by atomic mass is 10.0. The van der Waals surface area contributed by atoms with E-state index in [1.165, 1.54) is 19.4 Å². The van der Waals surface area contributed by atoms with E-state index in [2.05, 4.69) is 5.16 Å². The van der Waals surface area contributed by atoms with E-state index < -0.39 is 9.84 Å². The normalized spacial score (nSPS) is 18.2. The Kier molecular flexibility index (Phi) is 3.33. The van der Waals surface area contributed by atoms with Crippen LogP contribution in [0.25, 0.3) is 17.1 Å². The summed E-state index contributed by atoms with van der Waals surface area (Å²) >= 11 is 6.17. The molecule has 8 heteroatoms. The third-order valence-corrected chi connectivity index (χ3v) is 5.98. The minimum absolute atomic E-state index is 0.0200. The zero-order chi connectivity index (χ0) is 17.1. The van der Waals surface area contributed by atoms with Gasteiger partial charge in [-0.15, -0.1) is 0 Å². The molecule has 2 heterocycles. The molecular weight excluding hydrogens is 354 g/mol. The number of benzene rings is 1. The number of methoxy groups -OCH3 is 1. The summed E-state index contributed by atoms with van der Waals surface area (Å²) in [6.45, 7) is 0. The lowest BCUT2D eigenvalue weighted by molar-refractivity contribution is 0.0968. The molecule has 2 aliphatic rings. The van der Waals surface area contributed by atoms with E-state index in [1.807, 2.05) is 0 Å². The number of ether oxygens (including phenoxy) is 1. The number of nitrogens with zero attached hydrogens (tertiary/aromatic N) is 1. The third-order valence-electron chi connectivity index (χ3n) is 4.15. The number of rotatable bonds is 4. The van der Waals surface area contributed by atoms with E-state index in [9.17, 15) is 13.2 Å². The summed E-state index contributed by atoms with van der Waals surface area (Å²) in [4.78, 5) is 12.4. The molecular formula is C16H12ClNO5S. The van der Waals surface area contributed by atoms with Gasteiger partial charge >= 0.3 is 0 Å². The Morgan fingerprint density at radius 2 is 2.12 bits per heavy atom. The number of fused-ring (bicyclic) bond motifs is 1. The van der Waals surface area contributed by atoms with Gasteiger partial charge in [0, 0.05) is 11.5 Å². The standard InChI is InChI=1S/C16H12ClNO5S/c1-22-12-7-24(20,21)16-9(4-5-11(17)13(12)16)15-10(6-18-23-15)14(19)8-2-3-8/h4-8H,2-3H2,1H3. The van der Waals surface area contributed by atoms with E-state index in [1.54, 1.807) is 6.07 Å². The van der Waals surface area contributed by atoms with Gasteiger partial charge in [-0.2, -0.15) is 0 Å². The summed E-state index contributed by atoms with van der Waals surface area (Å²) in [6, 6.07) is 3.08. The van der Waals surface area contributed by atoms with E-state index in [4.69, 9.17) is 20.9 Å². The first-order valence-corrected chi connectivity index (χ1v) is 9.19. The van der Waals surface area contributed by atoms with Gasteiger partial charge in [-0.25, -0.2) is 8.42 Å². The van der Waals surface area contributed by atoms with Gasteiger partial charge in [-0.1, -0.05) is 16.8 Å². The minimum atomic E-state index is -3.76. The number of Topliss-reactive ketones (excluding diaryl/α,β-unsaturated/α-hetero) is 1. The third kappa shape index (κ3) is 2.19. The van der Waals surface area contributed by atoms with Crippen LogP contribution in [0, 0.1) is 5.92 Å². The van der Waals surface area contributed by atoms with Crippen LogP contribution >= 0.6 is 11.6 Å². The van der Waals surface area contributed by atoms with Crippen molar-refractivity contribution in [3.63, 3.8) is 0 Å². The highest BCUT2D eigenvalue weighted by molar-refractivity contribution is 7.95. The van der Waals surface area contributed by atoms with Gasteiger partial charge in [-0.05, 0) is 25.0 Å². The van der Waals surface area contributed by atoms with Crippen LogP contribution in [-0.4, -0.2) is 26.5 Å². The molecule has 1 aromatic carbocycles. The van der Waals surface area contributed by atoms with Crippen molar-refractivity contribution in [2.75, 3.05) is 7.11 Å². The molecule has 1 aliphatic heterocycles. The average molecular weight is 366 g/mol. The highest BCUT2D eigenvalue weighted by atomic mass is 35.5. The number of aromatic nitrogens is 1. The number of halogens is 1. The number of hydrogen-bond acceptors (Lipinski definition) is 6. The van der Waals surface area contributed by atoms with Crippen LogP contribution in [0.4, 0.5) is 0 Å². The summed E-state index contributed by atoms with van der Waals surface area (Å²) in [5, 5.41) is 4.96. The van der Waals surface area contributed by atoms with E-state index in [0.29, 0.717) is 5.56 Å². The summed E-state index contributed by atoms with van der Waals surface area (Å²) in [7, 11) is -2.39. The summed E-state index contributed by atoms with van der Waals surface area (Å²) < 4.78 is 35.5. The van der Waals surface area contributed by atoms with Crippen LogP contribution in [-0.2, 0) is 14.6 Å². The van der Waals surface area contributed by atoms with Crippen molar-refractivity contribution in [2.24, 2.45) is 5.92 Å². The van der Waals surface area contributed by atoms with Gasteiger partial charge in [-0.3, -0.25) is 4.79 Å². The number of carbonyl (C=O) groups is 1. The molecule has 6 nitrogen and oxygen atoms in total. The molecule has 0 amide bonds. The Labute approximate surface area is 143 Å². The molecule has 1 aliphatic carbocycles. The predicted octanol–water partition coefficient (Wildman–Crippen LogP) is 3.32. The molecule has 0 atom stereocenters. The Morgan fingerprint density at radius 3 is 2.79 bits per heavy atom. The molecule has 0 N–H and O–H groups in total. The van der Waals surface area contributed by atoms with Crippen molar-refractivity contribution in [1.29, 1.82) is 0 Å². The highest BCUT2D eigenvalue weighted by Gasteiger charge is 2.38. The van der Waals surface area contributed by atoms with Crippen LogP contribution in [0.15, 0.2) is 33.2 Å². The second kappa shape index (κ2) is 5.19. The Bertz CT molecular complexity index is 1000. The maximum absolute atomic E-state index is 12.6. The van der Waals surface area contributed by atoms with Gasteiger partial charge in [0.2, 0.25) is 9.84 Å². The molecule has 0 radical (unpaired) electrons. The number of carbonyl (C=O) groups excluding carboxylic acids is 1. The van der Waals surface area contributed by atoms with Gasteiger partial charge < -0.3 is 9.26 Å². The average Bonchev–Trinajstić information content (AvgIpc) is 3.21. The zero-order valence-electron chi connectivity index (χ0n) is 12.6. The maximum atomic E-state index is 12.6. The fourth-order valence-corrected chi connectivity index (χ4v) is 4.73. The minimum Gasteiger partial charge on any atom is -0.495 e. The smallest absolute Gasteiger partial charge is 0.204 e. The predicted molar refractivity (Wildman–Crippen MR) is 86.2 cm³/mol. The van der Waals surface area contributed by atoms with Crippen molar-refractivity contribution in [1.82, 2.24) is 5.16 Å². The van der Waals surface area contributed by atoms with Gasteiger partial charge in [0.15, 0.2) is 11.5 Å². The molecule has 4 rings (SSSR count). The largest absolute Gasteiger partial charge is 0.495 e. The number of sulfone groups is 1. The fourth-order valence-electron chi connectivity index (χ4n) is 2.85. The molecule has 24 heavy (non-hydrogen) atoms. The lowest BCUT2D eigenvalue weighted by Crippen LogP contribution is -2.04. The van der Waals surface area contributed by atoms with Crippen LogP contribution in [0.3, 0.4) is 0 Å². The molecule has 1 aromatic heterocycles. The molecule has 0 bridgehead atoms. The second-order valence-electron chi connectivity index (χ2n) is 5.74. The highest BCUT2D eigenvalue weighted by Crippen LogP contribution is 2.45. The Hall–Kier alpha value is -2.12. The van der Waals surface area contributed by atoms with Gasteiger partial charge in [0.25, 0.3) is 0 Å². The number of ketones is 1. The lowest BCUT2D eigenvalue weighted by Gasteiger charge is -2.10. The summed E-state index contributed by atoms with van der Waals surface area (Å²) in [5.41, 5.74) is 0.833. The first-order valence-electron chi connectivity index (χ1n) is 7.27. The van der Waals surface area contributed by atoms with Crippen molar-refractivity contribution in [3.8, 4) is 11.3 Å². The first-order chi connectivity index (χ1) is 11.4. The SMILES string of the molecule is COC1=CS(=O)(=O)c2c(-c3oncc3C(=O)C3CC3)ccc(Cl)c21. The van der Waals surface area contributed by atoms with Crippen molar-refractivity contribution in [2.45, 2.75) is 17.7 Å². The van der Waals surface area contributed by atoms with E-state index in [0.717, 1.165) is 18.2 Å². The molecule has 1 saturated carbocycles. The fraction of sp³-hybridized carbons (Fsp3) is 0.250. The van der Waals surface area contributed by atoms with Crippen LogP contribution in [0.2, 0.25) is 5.02 Å². The zero-order valence-corrected chi connectivity index (χ0v) is 14.1. The van der Waals surface area contributed by atoms with Crippen LogP contribution in [0.1, 0.15) is 28.8 Å². The molecule has 0 saturated heterocycles. The number of hydrogen-bond donors (Lipinski definition) is 0. The van der Waals surface area contributed by atoms with Crippen LogP contribution < -0.4 is 0 Å². The molecule has 124 valence electrons. The first kappa shape index (κ1) is 15.4.